The Kier molecular flexibility index (Phi) is 2.65. The molecule has 0 N–H and O–H groups in total. The van der Waals surface area contributed by atoms with Gasteiger partial charge in [-0.05, 0) is 0 Å². The van der Waals surface area contributed by atoms with E-state index in [0.717, 1.165) is 31.6 Å². The van der Waals surface area contributed by atoms with E-state index in [1.807, 2.05) is 0 Å². The van der Waals surface area contributed by atoms with E-state index in [1.165, 1.54) is 5.57 Å². The molecule has 0 bridgehead atoms. The summed E-state index contributed by atoms with van der Waals surface area (Å²) in [5, 5.41) is 0. The van der Waals surface area contributed by atoms with Crippen LogP contribution in [0.3, 0.4) is 0 Å². The fourth-order valence-electron chi connectivity index (χ4n) is 0.959. The van der Waals surface area contributed by atoms with Gasteiger partial charge >= 0.3 is 77.6 Å². The third-order valence-electron chi connectivity index (χ3n) is 1.80. The van der Waals surface area contributed by atoms with Gasteiger partial charge in [0.1, 0.15) is 0 Å². The van der Waals surface area contributed by atoms with E-state index in [-0.39, 0.29) is 5.60 Å². The summed E-state index contributed by atoms with van der Waals surface area (Å²) in [7, 11) is 0. The molecule has 0 fully saturated rings. The minimum atomic E-state index is -0.0399. The number of hydrogen-bond donors (Lipinski definition) is 0. The summed E-state index contributed by atoms with van der Waals surface area (Å²) < 4.78 is 5.40. The zero-order chi connectivity index (χ0) is 7.61. The molecule has 53 valence electrons. The van der Waals surface area contributed by atoms with Crippen molar-refractivity contribution in [3.63, 3.8) is 0 Å². The third-order valence-corrected chi connectivity index (χ3v) is 3.05. The SMILES string of the molecule is CC(C)([O][Zr])C1=CC=CC1. The van der Waals surface area contributed by atoms with E-state index in [4.69, 9.17) is 2.81 Å². The first-order valence-electron chi connectivity index (χ1n) is 3.38. The van der Waals surface area contributed by atoms with E-state index >= 15 is 0 Å². The zero-order valence-electron chi connectivity index (χ0n) is 6.35. The van der Waals surface area contributed by atoms with Crippen LogP contribution in [0.1, 0.15) is 20.3 Å². The molecular weight excluding hydrogens is 203 g/mol. The maximum atomic E-state index is 5.40. The van der Waals surface area contributed by atoms with Crippen molar-refractivity contribution >= 4 is 0 Å². The quantitative estimate of drug-likeness (QED) is 0.684. The minimum absolute atomic E-state index is 0.0399. The average Bonchev–Trinajstić information content (AvgIpc) is 2.38. The Balaban J connectivity index is 2.65. The number of allylic oxidation sites excluding steroid dienone is 3. The van der Waals surface area contributed by atoms with Crippen LogP contribution in [0.5, 0.6) is 0 Å². The van der Waals surface area contributed by atoms with Gasteiger partial charge in [-0.25, -0.2) is 0 Å². The van der Waals surface area contributed by atoms with Crippen LogP contribution in [0.15, 0.2) is 23.8 Å². The molecule has 0 aromatic heterocycles. The molecule has 0 radical (unpaired) electrons. The summed E-state index contributed by atoms with van der Waals surface area (Å²) in [4.78, 5) is 0. The predicted octanol–water partition coefficient (Wildman–Crippen LogP) is 2.13. The van der Waals surface area contributed by atoms with Gasteiger partial charge < -0.3 is 0 Å². The first-order chi connectivity index (χ1) is 4.67. The molecule has 0 saturated carbocycles. The van der Waals surface area contributed by atoms with Gasteiger partial charge in [0.05, 0.1) is 0 Å². The van der Waals surface area contributed by atoms with Gasteiger partial charge in [0.15, 0.2) is 0 Å². The molecule has 1 aliphatic rings. The van der Waals surface area contributed by atoms with Gasteiger partial charge in [-0.1, -0.05) is 0 Å². The Labute approximate surface area is 77.6 Å². The van der Waals surface area contributed by atoms with Gasteiger partial charge in [0.2, 0.25) is 0 Å². The van der Waals surface area contributed by atoms with Gasteiger partial charge in [-0.2, -0.15) is 0 Å². The van der Waals surface area contributed by atoms with Crippen LogP contribution in [0.2, 0.25) is 0 Å². The monoisotopic (exact) mass is 213 g/mol. The molecule has 0 aromatic carbocycles. The number of rotatable bonds is 2. The molecule has 0 aromatic rings. The first-order valence-corrected chi connectivity index (χ1v) is 4.38. The van der Waals surface area contributed by atoms with E-state index in [9.17, 15) is 0 Å². The summed E-state index contributed by atoms with van der Waals surface area (Å²) in [5.74, 6) is 0. The second-order valence-corrected chi connectivity index (χ2v) is 3.44. The summed E-state index contributed by atoms with van der Waals surface area (Å²) >= 11 is 1.14. The molecule has 0 unspecified atom stereocenters. The first kappa shape index (κ1) is 8.42. The molecule has 0 saturated heterocycles. The second kappa shape index (κ2) is 3.15. The normalized spacial score (nSPS) is 17.5. The van der Waals surface area contributed by atoms with Crippen LogP contribution in [0.4, 0.5) is 0 Å². The van der Waals surface area contributed by atoms with Gasteiger partial charge in [-0.3, -0.25) is 0 Å². The number of hydrogen-bond acceptors (Lipinski definition) is 1. The van der Waals surface area contributed by atoms with Crippen LogP contribution in [0.25, 0.3) is 0 Å². The standard InChI is InChI=1S/C8H11O.Zr/c1-8(2,9)7-5-3-4-6-7;/h3-5H,6H2,1-2H3;/q-1;+1. The fraction of sp³-hybridized carbons (Fsp3) is 0.500. The van der Waals surface area contributed by atoms with E-state index < -0.39 is 0 Å². The third kappa shape index (κ3) is 1.68. The van der Waals surface area contributed by atoms with Crippen molar-refractivity contribution in [2.24, 2.45) is 0 Å². The van der Waals surface area contributed by atoms with Crippen LogP contribution in [-0.2, 0) is 28.0 Å². The van der Waals surface area contributed by atoms with Crippen LogP contribution in [0, 0.1) is 0 Å². The molecule has 10 heavy (non-hydrogen) atoms. The molecule has 1 rings (SSSR count). The van der Waals surface area contributed by atoms with Crippen molar-refractivity contribution in [3.8, 4) is 0 Å². The van der Waals surface area contributed by atoms with Crippen LogP contribution >= 0.6 is 0 Å². The molecular formula is C8H11OZr. The van der Waals surface area contributed by atoms with Gasteiger partial charge in [0, 0.05) is 0 Å². The summed E-state index contributed by atoms with van der Waals surface area (Å²) in [5.41, 5.74) is 1.34. The Morgan fingerprint density at radius 3 is 2.70 bits per heavy atom. The second-order valence-electron chi connectivity index (χ2n) is 2.94. The molecule has 0 atom stereocenters. The average molecular weight is 214 g/mol. The molecule has 0 amide bonds. The predicted molar refractivity (Wildman–Crippen MR) is 37.0 cm³/mol. The topological polar surface area (TPSA) is 9.23 Å². The Morgan fingerprint density at radius 2 is 2.30 bits per heavy atom. The van der Waals surface area contributed by atoms with Gasteiger partial charge in [-0.15, -0.1) is 0 Å². The van der Waals surface area contributed by atoms with Crippen LogP contribution in [-0.4, -0.2) is 5.60 Å². The summed E-state index contributed by atoms with van der Waals surface area (Å²) in [6, 6.07) is 0. The van der Waals surface area contributed by atoms with Crippen molar-refractivity contribution in [3.05, 3.63) is 23.8 Å². The fourth-order valence-corrected chi connectivity index (χ4v) is 1.28. The van der Waals surface area contributed by atoms with E-state index in [0.29, 0.717) is 0 Å². The van der Waals surface area contributed by atoms with Crippen molar-refractivity contribution in [2.45, 2.75) is 25.9 Å². The summed E-state index contributed by atoms with van der Waals surface area (Å²) in [6.45, 7) is 4.22. The molecule has 0 aliphatic heterocycles. The van der Waals surface area contributed by atoms with Crippen molar-refractivity contribution in [1.82, 2.24) is 0 Å². The molecule has 0 heterocycles. The molecule has 1 aliphatic carbocycles. The summed E-state index contributed by atoms with van der Waals surface area (Å²) in [6.07, 6.45) is 7.45. The van der Waals surface area contributed by atoms with Crippen molar-refractivity contribution in [1.29, 1.82) is 0 Å². The molecule has 2 heteroatoms. The van der Waals surface area contributed by atoms with E-state index in [1.54, 1.807) is 0 Å². The molecule has 1 nitrogen and oxygen atoms in total. The van der Waals surface area contributed by atoms with E-state index in [2.05, 4.69) is 32.1 Å². The van der Waals surface area contributed by atoms with Crippen LogP contribution < -0.4 is 0 Å². The maximum absolute atomic E-state index is 5.40. The van der Waals surface area contributed by atoms with Gasteiger partial charge in [0.25, 0.3) is 0 Å². The zero-order valence-corrected chi connectivity index (χ0v) is 8.81. The molecule has 0 spiro atoms. The Bertz CT molecular complexity index is 180. The van der Waals surface area contributed by atoms with Crippen molar-refractivity contribution < 1.29 is 28.0 Å². The van der Waals surface area contributed by atoms with Crippen molar-refractivity contribution in [2.75, 3.05) is 0 Å². The Morgan fingerprint density at radius 1 is 1.60 bits per heavy atom. The Hall–Kier alpha value is 0.323.